The number of anilines is 1. The van der Waals surface area contributed by atoms with Crippen LogP contribution in [0.5, 0.6) is 0 Å². The predicted molar refractivity (Wildman–Crippen MR) is 129 cm³/mol. The number of carbonyl (C=O) groups excluding carboxylic acids is 2. The Labute approximate surface area is 191 Å². The van der Waals surface area contributed by atoms with Gasteiger partial charge in [0.2, 0.25) is 0 Å². The first kappa shape index (κ1) is 21.5. The van der Waals surface area contributed by atoms with Gasteiger partial charge in [-0.3, -0.25) is 9.59 Å². The molecule has 0 aliphatic rings. The van der Waals surface area contributed by atoms with Crippen molar-refractivity contribution in [1.82, 2.24) is 14.7 Å². The van der Waals surface area contributed by atoms with Crippen LogP contribution in [0.4, 0.5) is 5.69 Å². The minimum atomic E-state index is -0.275. The number of amides is 2. The number of nitrogens with zero attached hydrogens (tertiary/aromatic N) is 3. The molecule has 4 aromatic rings. The van der Waals surface area contributed by atoms with Gasteiger partial charge in [-0.1, -0.05) is 30.3 Å². The minimum Gasteiger partial charge on any atom is -0.339 e. The van der Waals surface area contributed by atoms with Crippen LogP contribution in [-0.2, 0) is 0 Å². The fourth-order valence-corrected chi connectivity index (χ4v) is 4.19. The molecule has 0 spiro atoms. The van der Waals surface area contributed by atoms with Gasteiger partial charge in [0.05, 0.1) is 16.1 Å². The summed E-state index contributed by atoms with van der Waals surface area (Å²) in [6, 6.07) is 20.6. The quantitative estimate of drug-likeness (QED) is 0.419. The third-order valence-electron chi connectivity index (χ3n) is 5.15. The Morgan fingerprint density at radius 3 is 2.47 bits per heavy atom. The lowest BCUT2D eigenvalue weighted by molar-refractivity contribution is 0.0772. The smallest absolute Gasteiger partial charge is 0.259 e. The van der Waals surface area contributed by atoms with E-state index in [1.54, 1.807) is 40.0 Å². The van der Waals surface area contributed by atoms with Gasteiger partial charge in [-0.05, 0) is 55.6 Å². The molecule has 0 saturated heterocycles. The SMILES string of the molecule is CCN(CC)C(=O)c1cccc(NC(=O)c2cn(-c3ccccc3)nc2-c2cccs2)c1. The van der Waals surface area contributed by atoms with Gasteiger partial charge in [-0.25, -0.2) is 4.68 Å². The molecular formula is C25H24N4O2S. The highest BCUT2D eigenvalue weighted by Crippen LogP contribution is 2.28. The van der Waals surface area contributed by atoms with Crippen LogP contribution in [-0.4, -0.2) is 39.6 Å². The summed E-state index contributed by atoms with van der Waals surface area (Å²) in [7, 11) is 0. The van der Waals surface area contributed by atoms with Crippen LogP contribution in [0, 0.1) is 0 Å². The summed E-state index contributed by atoms with van der Waals surface area (Å²) < 4.78 is 1.71. The largest absolute Gasteiger partial charge is 0.339 e. The number of aromatic nitrogens is 2. The fourth-order valence-electron chi connectivity index (χ4n) is 3.47. The molecule has 0 unspecified atom stereocenters. The van der Waals surface area contributed by atoms with E-state index in [4.69, 9.17) is 0 Å². The normalized spacial score (nSPS) is 10.7. The lowest BCUT2D eigenvalue weighted by atomic mass is 10.1. The van der Waals surface area contributed by atoms with Gasteiger partial charge in [0, 0.05) is 30.5 Å². The van der Waals surface area contributed by atoms with E-state index >= 15 is 0 Å². The van der Waals surface area contributed by atoms with Gasteiger partial charge in [-0.2, -0.15) is 5.10 Å². The van der Waals surface area contributed by atoms with E-state index < -0.39 is 0 Å². The molecule has 0 saturated carbocycles. The summed E-state index contributed by atoms with van der Waals surface area (Å²) in [5.74, 6) is -0.328. The maximum absolute atomic E-state index is 13.2. The second-order valence-corrected chi connectivity index (χ2v) is 8.11. The molecule has 4 rings (SSSR count). The molecule has 7 heteroatoms. The van der Waals surface area contributed by atoms with Crippen LogP contribution in [0.3, 0.4) is 0 Å². The van der Waals surface area contributed by atoms with E-state index in [0.29, 0.717) is 35.6 Å². The highest BCUT2D eigenvalue weighted by atomic mass is 32.1. The van der Waals surface area contributed by atoms with Crippen molar-refractivity contribution in [2.45, 2.75) is 13.8 Å². The van der Waals surface area contributed by atoms with Gasteiger partial charge in [-0.15, -0.1) is 11.3 Å². The number of carbonyl (C=O) groups is 2. The highest BCUT2D eigenvalue weighted by molar-refractivity contribution is 7.13. The first-order valence-electron chi connectivity index (χ1n) is 10.5. The van der Waals surface area contributed by atoms with Crippen LogP contribution in [0.1, 0.15) is 34.6 Å². The van der Waals surface area contributed by atoms with Crippen molar-refractivity contribution < 1.29 is 9.59 Å². The Balaban J connectivity index is 1.65. The van der Waals surface area contributed by atoms with Crippen molar-refractivity contribution in [2.75, 3.05) is 18.4 Å². The molecule has 0 fully saturated rings. The second kappa shape index (κ2) is 9.62. The molecule has 2 heterocycles. The molecule has 0 aliphatic carbocycles. The van der Waals surface area contributed by atoms with E-state index in [-0.39, 0.29) is 11.8 Å². The Hall–Kier alpha value is -3.71. The summed E-state index contributed by atoms with van der Waals surface area (Å²) in [4.78, 5) is 28.6. The zero-order valence-corrected chi connectivity index (χ0v) is 18.8. The number of rotatable bonds is 7. The monoisotopic (exact) mass is 444 g/mol. The van der Waals surface area contributed by atoms with Gasteiger partial charge >= 0.3 is 0 Å². The third-order valence-corrected chi connectivity index (χ3v) is 6.03. The maximum atomic E-state index is 13.2. The molecule has 2 aromatic carbocycles. The zero-order valence-electron chi connectivity index (χ0n) is 18.0. The van der Waals surface area contributed by atoms with Crippen molar-refractivity contribution in [3.8, 4) is 16.3 Å². The standard InChI is InChI=1S/C25H24N4O2S/c1-3-28(4-2)25(31)18-10-8-11-19(16-18)26-24(30)21-17-29(20-12-6-5-7-13-20)27-23(21)22-14-9-15-32-22/h5-17H,3-4H2,1-2H3,(H,26,30). The molecule has 1 N–H and O–H groups in total. The fraction of sp³-hybridized carbons (Fsp3) is 0.160. The average Bonchev–Trinajstić information content (AvgIpc) is 3.51. The van der Waals surface area contributed by atoms with Crippen molar-refractivity contribution in [1.29, 1.82) is 0 Å². The Kier molecular flexibility index (Phi) is 6.47. The van der Waals surface area contributed by atoms with E-state index in [1.165, 1.54) is 11.3 Å². The molecule has 0 aliphatic heterocycles. The van der Waals surface area contributed by atoms with Gasteiger partial charge in [0.25, 0.3) is 11.8 Å². The van der Waals surface area contributed by atoms with Crippen LogP contribution >= 0.6 is 11.3 Å². The van der Waals surface area contributed by atoms with E-state index in [2.05, 4.69) is 10.4 Å². The van der Waals surface area contributed by atoms with Crippen LogP contribution in [0.25, 0.3) is 16.3 Å². The molecule has 2 aromatic heterocycles. The van der Waals surface area contributed by atoms with Crippen molar-refractivity contribution in [3.63, 3.8) is 0 Å². The van der Waals surface area contributed by atoms with E-state index in [9.17, 15) is 9.59 Å². The highest BCUT2D eigenvalue weighted by Gasteiger charge is 2.20. The predicted octanol–water partition coefficient (Wildman–Crippen LogP) is 5.34. The molecule has 0 radical (unpaired) electrons. The number of nitrogens with one attached hydrogen (secondary N) is 1. The van der Waals surface area contributed by atoms with Gasteiger partial charge in [0.15, 0.2) is 0 Å². The van der Waals surface area contributed by atoms with Gasteiger partial charge in [0.1, 0.15) is 5.69 Å². The molecular weight excluding hydrogens is 420 g/mol. The number of thiophene rings is 1. The summed E-state index contributed by atoms with van der Waals surface area (Å²) in [6.45, 7) is 5.16. The summed E-state index contributed by atoms with van der Waals surface area (Å²) in [5.41, 5.74) is 3.08. The molecule has 162 valence electrons. The lowest BCUT2D eigenvalue weighted by Gasteiger charge is -2.19. The summed E-state index contributed by atoms with van der Waals surface area (Å²) in [6.07, 6.45) is 1.74. The number of hydrogen-bond donors (Lipinski definition) is 1. The number of benzene rings is 2. The maximum Gasteiger partial charge on any atom is 0.259 e. The van der Waals surface area contributed by atoms with Crippen LogP contribution in [0.15, 0.2) is 78.3 Å². The number of para-hydroxylation sites is 1. The first-order valence-corrected chi connectivity index (χ1v) is 11.4. The average molecular weight is 445 g/mol. The summed E-state index contributed by atoms with van der Waals surface area (Å²) >= 11 is 1.53. The van der Waals surface area contributed by atoms with E-state index in [1.807, 2.05) is 61.7 Å². The lowest BCUT2D eigenvalue weighted by Crippen LogP contribution is -2.30. The number of hydrogen-bond acceptors (Lipinski definition) is 4. The Bertz CT molecular complexity index is 1210. The van der Waals surface area contributed by atoms with Crippen molar-refractivity contribution in [2.24, 2.45) is 0 Å². The third kappa shape index (κ3) is 4.48. The Morgan fingerprint density at radius 1 is 1.00 bits per heavy atom. The molecule has 0 atom stereocenters. The second-order valence-electron chi connectivity index (χ2n) is 7.16. The van der Waals surface area contributed by atoms with Crippen molar-refractivity contribution in [3.05, 3.63) is 89.4 Å². The zero-order chi connectivity index (χ0) is 22.5. The topological polar surface area (TPSA) is 67.2 Å². The minimum absolute atomic E-state index is 0.0535. The van der Waals surface area contributed by atoms with Gasteiger partial charge < -0.3 is 10.2 Å². The molecule has 0 bridgehead atoms. The first-order chi connectivity index (χ1) is 15.6. The van der Waals surface area contributed by atoms with Crippen molar-refractivity contribution >= 4 is 28.8 Å². The summed E-state index contributed by atoms with van der Waals surface area (Å²) in [5, 5.41) is 9.58. The molecule has 32 heavy (non-hydrogen) atoms. The Morgan fingerprint density at radius 2 is 1.78 bits per heavy atom. The molecule has 6 nitrogen and oxygen atoms in total. The van der Waals surface area contributed by atoms with Crippen LogP contribution < -0.4 is 5.32 Å². The van der Waals surface area contributed by atoms with E-state index in [0.717, 1.165) is 10.6 Å². The van der Waals surface area contributed by atoms with Crippen LogP contribution in [0.2, 0.25) is 0 Å². The molecule has 2 amide bonds.